The zero-order valence-electron chi connectivity index (χ0n) is 9.84. The standard InChI is InChI=1S/C13H12N4O/c1-8-11(14)7-16-17(8)13(18)10-3-2-4-12-9(10)5-6-15-12/h2-7,15H,14H2,1H3. The molecule has 3 rings (SSSR count). The number of carbonyl (C=O) groups is 1. The van der Waals surface area contributed by atoms with Gasteiger partial charge in [-0.1, -0.05) is 6.07 Å². The van der Waals surface area contributed by atoms with E-state index in [1.165, 1.54) is 10.9 Å². The van der Waals surface area contributed by atoms with Gasteiger partial charge in [0.2, 0.25) is 0 Å². The maximum Gasteiger partial charge on any atom is 0.279 e. The van der Waals surface area contributed by atoms with Gasteiger partial charge in [0.25, 0.3) is 5.91 Å². The summed E-state index contributed by atoms with van der Waals surface area (Å²) in [6.45, 7) is 1.78. The minimum atomic E-state index is -0.172. The molecule has 0 aliphatic heterocycles. The maximum absolute atomic E-state index is 12.4. The highest BCUT2D eigenvalue weighted by Gasteiger charge is 2.16. The van der Waals surface area contributed by atoms with Crippen molar-refractivity contribution in [3.05, 3.63) is 47.9 Å². The number of rotatable bonds is 1. The zero-order valence-corrected chi connectivity index (χ0v) is 9.84. The molecule has 18 heavy (non-hydrogen) atoms. The zero-order chi connectivity index (χ0) is 12.7. The van der Waals surface area contributed by atoms with Crippen LogP contribution in [0, 0.1) is 6.92 Å². The summed E-state index contributed by atoms with van der Waals surface area (Å²) in [6, 6.07) is 7.44. The molecule has 5 nitrogen and oxygen atoms in total. The van der Waals surface area contributed by atoms with Gasteiger partial charge in [-0.05, 0) is 25.1 Å². The summed E-state index contributed by atoms with van der Waals surface area (Å²) in [6.07, 6.45) is 3.30. The van der Waals surface area contributed by atoms with Gasteiger partial charge in [0.15, 0.2) is 0 Å². The van der Waals surface area contributed by atoms with Crippen molar-refractivity contribution in [1.82, 2.24) is 14.8 Å². The number of nitrogen functional groups attached to an aromatic ring is 1. The monoisotopic (exact) mass is 240 g/mol. The number of aromatic nitrogens is 3. The number of carbonyl (C=O) groups excluding carboxylic acids is 1. The predicted molar refractivity (Wildman–Crippen MR) is 69.4 cm³/mol. The molecule has 0 radical (unpaired) electrons. The Kier molecular flexibility index (Phi) is 2.19. The summed E-state index contributed by atoms with van der Waals surface area (Å²) in [7, 11) is 0. The minimum Gasteiger partial charge on any atom is -0.396 e. The summed E-state index contributed by atoms with van der Waals surface area (Å²) >= 11 is 0. The first-order chi connectivity index (χ1) is 8.68. The first-order valence-electron chi connectivity index (χ1n) is 5.59. The lowest BCUT2D eigenvalue weighted by Gasteiger charge is -2.04. The molecular formula is C13H12N4O. The molecule has 0 aliphatic carbocycles. The molecule has 1 aromatic carbocycles. The molecule has 0 amide bonds. The number of fused-ring (bicyclic) bond motifs is 1. The molecule has 0 spiro atoms. The highest BCUT2D eigenvalue weighted by Crippen LogP contribution is 2.19. The molecule has 0 saturated carbocycles. The second-order valence-corrected chi connectivity index (χ2v) is 4.15. The Bertz CT molecular complexity index is 738. The van der Waals surface area contributed by atoms with E-state index in [1.807, 2.05) is 24.4 Å². The van der Waals surface area contributed by atoms with Crippen molar-refractivity contribution in [3.8, 4) is 0 Å². The molecule has 0 unspecified atom stereocenters. The van der Waals surface area contributed by atoms with E-state index in [1.54, 1.807) is 13.0 Å². The largest absolute Gasteiger partial charge is 0.396 e. The average Bonchev–Trinajstić information content (AvgIpc) is 2.96. The van der Waals surface area contributed by atoms with E-state index in [0.717, 1.165) is 10.9 Å². The van der Waals surface area contributed by atoms with E-state index < -0.39 is 0 Å². The lowest BCUT2D eigenvalue weighted by molar-refractivity contribution is 0.0944. The third-order valence-corrected chi connectivity index (χ3v) is 3.07. The number of benzene rings is 1. The number of hydrogen-bond donors (Lipinski definition) is 2. The molecule has 3 aromatic rings. The van der Waals surface area contributed by atoms with Crippen LogP contribution in [0.3, 0.4) is 0 Å². The number of aromatic amines is 1. The molecule has 2 aromatic heterocycles. The molecule has 0 aliphatic rings. The van der Waals surface area contributed by atoms with Crippen molar-refractivity contribution in [2.75, 3.05) is 5.73 Å². The molecule has 0 bridgehead atoms. The van der Waals surface area contributed by atoms with Gasteiger partial charge >= 0.3 is 0 Å². The summed E-state index contributed by atoms with van der Waals surface area (Å²) in [4.78, 5) is 15.5. The van der Waals surface area contributed by atoms with Gasteiger partial charge in [0.05, 0.1) is 23.1 Å². The van der Waals surface area contributed by atoms with Gasteiger partial charge in [0.1, 0.15) is 0 Å². The summed E-state index contributed by atoms with van der Waals surface area (Å²) < 4.78 is 1.33. The Balaban J connectivity index is 2.18. The number of anilines is 1. The highest BCUT2D eigenvalue weighted by atomic mass is 16.2. The van der Waals surface area contributed by atoms with Crippen molar-refractivity contribution in [3.63, 3.8) is 0 Å². The minimum absolute atomic E-state index is 0.172. The fourth-order valence-corrected chi connectivity index (χ4v) is 2.01. The van der Waals surface area contributed by atoms with Crippen LogP contribution in [0.1, 0.15) is 16.1 Å². The Hall–Kier alpha value is -2.56. The van der Waals surface area contributed by atoms with Crippen molar-refractivity contribution in [2.45, 2.75) is 6.92 Å². The van der Waals surface area contributed by atoms with E-state index in [-0.39, 0.29) is 5.91 Å². The fourth-order valence-electron chi connectivity index (χ4n) is 2.01. The summed E-state index contributed by atoms with van der Waals surface area (Å²) in [5.41, 5.74) is 8.43. The second-order valence-electron chi connectivity index (χ2n) is 4.15. The number of nitrogens with zero attached hydrogens (tertiary/aromatic N) is 2. The maximum atomic E-state index is 12.4. The molecule has 5 heteroatoms. The second kappa shape index (κ2) is 3.73. The number of nitrogens with two attached hydrogens (primary N) is 1. The Morgan fingerprint density at radius 3 is 2.94 bits per heavy atom. The number of H-pyrrole nitrogens is 1. The van der Waals surface area contributed by atoms with Crippen LogP contribution in [0.2, 0.25) is 0 Å². The van der Waals surface area contributed by atoms with Crippen LogP contribution in [0.15, 0.2) is 36.7 Å². The molecule has 0 fully saturated rings. The summed E-state index contributed by atoms with van der Waals surface area (Å²) in [5, 5.41) is 4.90. The van der Waals surface area contributed by atoms with Crippen LogP contribution in [-0.4, -0.2) is 20.7 Å². The van der Waals surface area contributed by atoms with E-state index in [4.69, 9.17) is 5.73 Å². The normalized spacial score (nSPS) is 10.9. The highest BCUT2D eigenvalue weighted by molar-refractivity contribution is 6.07. The molecule has 2 heterocycles. The van der Waals surface area contributed by atoms with Crippen molar-refractivity contribution in [1.29, 1.82) is 0 Å². The SMILES string of the molecule is Cc1c(N)cnn1C(=O)c1cccc2[nH]ccc12. The topological polar surface area (TPSA) is 76.7 Å². The quantitative estimate of drug-likeness (QED) is 0.682. The molecule has 90 valence electrons. The van der Waals surface area contributed by atoms with E-state index in [0.29, 0.717) is 16.9 Å². The molecule has 3 N–H and O–H groups in total. The van der Waals surface area contributed by atoms with Crippen LogP contribution in [0.25, 0.3) is 10.9 Å². The van der Waals surface area contributed by atoms with Crippen molar-refractivity contribution < 1.29 is 4.79 Å². The smallest absolute Gasteiger partial charge is 0.279 e. The molecule has 0 atom stereocenters. The third kappa shape index (κ3) is 1.41. The first-order valence-corrected chi connectivity index (χ1v) is 5.59. The van der Waals surface area contributed by atoms with Gasteiger partial charge in [-0.15, -0.1) is 0 Å². The van der Waals surface area contributed by atoms with Gasteiger partial charge in [0, 0.05) is 17.1 Å². The first kappa shape index (κ1) is 10.6. The van der Waals surface area contributed by atoms with Crippen LogP contribution >= 0.6 is 0 Å². The Morgan fingerprint density at radius 2 is 2.22 bits per heavy atom. The van der Waals surface area contributed by atoms with Gasteiger partial charge in [-0.2, -0.15) is 9.78 Å². The Morgan fingerprint density at radius 1 is 1.39 bits per heavy atom. The predicted octanol–water partition coefficient (Wildman–Crippen LogP) is 1.94. The van der Waals surface area contributed by atoms with E-state index >= 15 is 0 Å². The molecular weight excluding hydrogens is 228 g/mol. The fraction of sp³-hybridized carbons (Fsp3) is 0.0769. The number of hydrogen-bond acceptors (Lipinski definition) is 3. The van der Waals surface area contributed by atoms with Crippen molar-refractivity contribution >= 4 is 22.5 Å². The molecule has 0 saturated heterocycles. The lowest BCUT2D eigenvalue weighted by Crippen LogP contribution is -2.15. The number of nitrogens with one attached hydrogen (secondary N) is 1. The van der Waals surface area contributed by atoms with Crippen LogP contribution in [0.4, 0.5) is 5.69 Å². The van der Waals surface area contributed by atoms with Gasteiger partial charge in [-0.25, -0.2) is 0 Å². The van der Waals surface area contributed by atoms with Crippen LogP contribution in [-0.2, 0) is 0 Å². The van der Waals surface area contributed by atoms with Gasteiger partial charge < -0.3 is 10.7 Å². The van der Waals surface area contributed by atoms with E-state index in [2.05, 4.69) is 10.1 Å². The van der Waals surface area contributed by atoms with Gasteiger partial charge in [-0.3, -0.25) is 4.79 Å². The summed E-state index contributed by atoms with van der Waals surface area (Å²) in [5.74, 6) is -0.172. The van der Waals surface area contributed by atoms with Crippen LogP contribution in [0.5, 0.6) is 0 Å². The lowest BCUT2D eigenvalue weighted by atomic mass is 10.1. The Labute approximate surface area is 103 Å². The third-order valence-electron chi connectivity index (χ3n) is 3.07. The van der Waals surface area contributed by atoms with Crippen molar-refractivity contribution in [2.24, 2.45) is 0 Å². The van der Waals surface area contributed by atoms with E-state index in [9.17, 15) is 4.79 Å². The average molecular weight is 240 g/mol. The van der Waals surface area contributed by atoms with Crippen LogP contribution < -0.4 is 5.73 Å².